The molecular formula is C35H38N4O4. The standard InChI is InChI=1S/C35H38N4O4/c1-23-17-24(2)34(25(3)18-23)39(16-15-37-13-8-11-33(37)40)32-21-29-28-20-30(42-4)31(43-22-26-9-6-5-7-10-26)19-27(28)12-14-38(29)35(41)36-32/h5-7,9-10,17-21H,8,11-16,22H2,1-4H3. The van der Waals surface area contributed by atoms with Crippen LogP contribution in [0.3, 0.4) is 0 Å². The number of carbonyl (C=O) groups is 1. The van der Waals surface area contributed by atoms with E-state index >= 15 is 0 Å². The Morgan fingerprint density at radius 3 is 2.37 bits per heavy atom. The van der Waals surface area contributed by atoms with E-state index in [9.17, 15) is 9.59 Å². The molecule has 0 aliphatic carbocycles. The lowest BCUT2D eigenvalue weighted by atomic mass is 9.96. The van der Waals surface area contributed by atoms with Crippen molar-refractivity contribution in [2.75, 3.05) is 31.6 Å². The minimum atomic E-state index is -0.286. The first kappa shape index (κ1) is 28.5. The Kier molecular flexibility index (Phi) is 7.93. The SMILES string of the molecule is COc1cc2c(cc1OCc1ccccc1)CCn1c-2cc(N(CCN2CCCC2=O)c2c(C)cc(C)cc2C)nc1=O. The summed E-state index contributed by atoms with van der Waals surface area (Å²) < 4.78 is 13.7. The van der Waals surface area contributed by atoms with Crippen LogP contribution in [0.15, 0.2) is 65.5 Å². The highest BCUT2D eigenvalue weighted by Gasteiger charge is 2.26. The van der Waals surface area contributed by atoms with E-state index in [0.29, 0.717) is 56.4 Å². The highest BCUT2D eigenvalue weighted by atomic mass is 16.5. The Morgan fingerprint density at radius 2 is 1.67 bits per heavy atom. The molecule has 1 saturated heterocycles. The molecule has 1 fully saturated rings. The number of amides is 1. The highest BCUT2D eigenvalue weighted by molar-refractivity contribution is 5.78. The van der Waals surface area contributed by atoms with Gasteiger partial charge in [0.05, 0.1) is 12.8 Å². The van der Waals surface area contributed by atoms with E-state index in [4.69, 9.17) is 9.47 Å². The van der Waals surface area contributed by atoms with Gasteiger partial charge < -0.3 is 19.3 Å². The second-order valence-corrected chi connectivity index (χ2v) is 11.5. The minimum absolute atomic E-state index is 0.182. The van der Waals surface area contributed by atoms with Gasteiger partial charge in [-0.25, -0.2) is 4.79 Å². The molecule has 8 nitrogen and oxygen atoms in total. The molecule has 3 aromatic carbocycles. The van der Waals surface area contributed by atoms with Crippen LogP contribution in [0.5, 0.6) is 11.5 Å². The zero-order chi connectivity index (χ0) is 30.1. The molecule has 0 radical (unpaired) electrons. The number of anilines is 2. The largest absolute Gasteiger partial charge is 0.493 e. The van der Waals surface area contributed by atoms with Gasteiger partial charge >= 0.3 is 5.69 Å². The van der Waals surface area contributed by atoms with Crippen molar-refractivity contribution < 1.29 is 14.3 Å². The van der Waals surface area contributed by atoms with Crippen molar-refractivity contribution in [3.05, 3.63) is 99.0 Å². The zero-order valence-electron chi connectivity index (χ0n) is 25.4. The molecule has 6 rings (SSSR count). The fraction of sp³-hybridized carbons (Fsp3) is 0.343. The Balaban J connectivity index is 1.40. The molecule has 1 aromatic heterocycles. The first-order valence-corrected chi connectivity index (χ1v) is 15.0. The average molecular weight is 579 g/mol. The van der Waals surface area contributed by atoms with Gasteiger partial charge in [-0.15, -0.1) is 0 Å². The highest BCUT2D eigenvalue weighted by Crippen LogP contribution is 2.40. The number of carbonyl (C=O) groups excluding carboxylic acids is 1. The number of benzene rings is 3. The Labute approximate surface area is 252 Å². The third kappa shape index (κ3) is 5.74. The summed E-state index contributed by atoms with van der Waals surface area (Å²) in [7, 11) is 1.63. The van der Waals surface area contributed by atoms with Crippen LogP contribution < -0.4 is 20.1 Å². The number of hydrogen-bond donors (Lipinski definition) is 0. The molecule has 3 heterocycles. The van der Waals surface area contributed by atoms with E-state index in [0.717, 1.165) is 52.2 Å². The second-order valence-electron chi connectivity index (χ2n) is 11.5. The summed E-state index contributed by atoms with van der Waals surface area (Å²) in [6.45, 7) is 9.10. The van der Waals surface area contributed by atoms with Crippen molar-refractivity contribution in [1.82, 2.24) is 14.5 Å². The molecule has 222 valence electrons. The van der Waals surface area contributed by atoms with Crippen molar-refractivity contribution >= 4 is 17.4 Å². The zero-order valence-corrected chi connectivity index (χ0v) is 25.4. The summed E-state index contributed by atoms with van der Waals surface area (Å²) >= 11 is 0. The van der Waals surface area contributed by atoms with Crippen molar-refractivity contribution in [3.8, 4) is 22.8 Å². The molecule has 8 heteroatoms. The van der Waals surface area contributed by atoms with Crippen LogP contribution in [0, 0.1) is 20.8 Å². The Bertz CT molecular complexity index is 1710. The molecule has 2 aliphatic rings. The number of nitrogens with zero attached hydrogens (tertiary/aromatic N) is 4. The van der Waals surface area contributed by atoms with Gasteiger partial charge in [0.2, 0.25) is 5.91 Å². The molecule has 1 amide bonds. The van der Waals surface area contributed by atoms with Crippen molar-refractivity contribution in [3.63, 3.8) is 0 Å². The van der Waals surface area contributed by atoms with Gasteiger partial charge in [0, 0.05) is 49.9 Å². The molecule has 43 heavy (non-hydrogen) atoms. The number of methoxy groups -OCH3 is 1. The number of ether oxygens (including phenoxy) is 2. The van der Waals surface area contributed by atoms with Gasteiger partial charge in [-0.2, -0.15) is 4.98 Å². The summed E-state index contributed by atoms with van der Waals surface area (Å²) in [5, 5.41) is 0. The van der Waals surface area contributed by atoms with Crippen LogP contribution in [0.2, 0.25) is 0 Å². The summed E-state index contributed by atoms with van der Waals surface area (Å²) in [5.74, 6) is 2.05. The Morgan fingerprint density at radius 1 is 0.907 bits per heavy atom. The van der Waals surface area contributed by atoms with Crippen molar-refractivity contribution in [2.24, 2.45) is 0 Å². The average Bonchev–Trinajstić information content (AvgIpc) is 3.41. The van der Waals surface area contributed by atoms with Crippen LogP contribution in [-0.4, -0.2) is 47.1 Å². The van der Waals surface area contributed by atoms with Crippen LogP contribution in [-0.2, 0) is 24.4 Å². The lowest BCUT2D eigenvalue weighted by molar-refractivity contribution is -0.127. The van der Waals surface area contributed by atoms with E-state index in [-0.39, 0.29) is 11.6 Å². The Hall–Kier alpha value is -4.59. The first-order chi connectivity index (χ1) is 20.8. The van der Waals surface area contributed by atoms with Gasteiger partial charge in [0.25, 0.3) is 0 Å². The molecule has 2 aliphatic heterocycles. The van der Waals surface area contributed by atoms with E-state index in [1.165, 1.54) is 5.56 Å². The molecule has 0 unspecified atom stereocenters. The predicted molar refractivity (Wildman–Crippen MR) is 168 cm³/mol. The lowest BCUT2D eigenvalue weighted by Crippen LogP contribution is -2.36. The first-order valence-electron chi connectivity index (χ1n) is 15.0. The normalized spacial score (nSPS) is 14.0. The summed E-state index contributed by atoms with van der Waals surface area (Å²) in [6, 6.07) is 20.4. The monoisotopic (exact) mass is 578 g/mol. The van der Waals surface area contributed by atoms with Crippen molar-refractivity contribution in [1.29, 1.82) is 0 Å². The fourth-order valence-electron chi connectivity index (χ4n) is 6.46. The van der Waals surface area contributed by atoms with E-state index in [2.05, 4.69) is 42.8 Å². The molecule has 4 aromatic rings. The fourth-order valence-corrected chi connectivity index (χ4v) is 6.46. The lowest BCUT2D eigenvalue weighted by Gasteiger charge is -2.31. The van der Waals surface area contributed by atoms with E-state index < -0.39 is 0 Å². The maximum absolute atomic E-state index is 13.6. The van der Waals surface area contributed by atoms with Crippen LogP contribution >= 0.6 is 0 Å². The number of aryl methyl sites for hydroxylation is 4. The molecule has 0 saturated carbocycles. The molecular weight excluding hydrogens is 540 g/mol. The number of aromatic nitrogens is 2. The maximum Gasteiger partial charge on any atom is 0.350 e. The maximum atomic E-state index is 13.6. The molecule has 0 bridgehead atoms. The number of fused-ring (bicyclic) bond motifs is 3. The van der Waals surface area contributed by atoms with E-state index in [1.807, 2.05) is 53.4 Å². The predicted octanol–water partition coefficient (Wildman–Crippen LogP) is 5.74. The number of likely N-dealkylation sites (tertiary alicyclic amines) is 1. The second kappa shape index (κ2) is 12.0. The summed E-state index contributed by atoms with van der Waals surface area (Å²) in [4.78, 5) is 34.6. The molecule has 0 atom stereocenters. The number of hydrogen-bond acceptors (Lipinski definition) is 6. The van der Waals surface area contributed by atoms with E-state index in [1.54, 1.807) is 11.7 Å². The van der Waals surface area contributed by atoms with Gasteiger partial charge in [0.1, 0.15) is 12.4 Å². The number of rotatable bonds is 9. The molecule has 0 spiro atoms. The van der Waals surface area contributed by atoms with Crippen LogP contribution in [0.4, 0.5) is 11.5 Å². The molecule has 0 N–H and O–H groups in total. The summed E-state index contributed by atoms with van der Waals surface area (Å²) in [6.07, 6.45) is 2.16. The quantitative estimate of drug-likeness (QED) is 0.252. The van der Waals surface area contributed by atoms with Crippen LogP contribution in [0.1, 0.15) is 40.7 Å². The van der Waals surface area contributed by atoms with Gasteiger partial charge in [0.15, 0.2) is 11.5 Å². The van der Waals surface area contributed by atoms with Gasteiger partial charge in [-0.1, -0.05) is 48.0 Å². The van der Waals surface area contributed by atoms with Crippen molar-refractivity contribution in [2.45, 2.75) is 53.2 Å². The van der Waals surface area contributed by atoms with Crippen LogP contribution in [0.25, 0.3) is 11.3 Å². The summed E-state index contributed by atoms with van der Waals surface area (Å²) in [5.41, 5.74) is 8.03. The smallest absolute Gasteiger partial charge is 0.350 e. The minimum Gasteiger partial charge on any atom is -0.493 e. The van der Waals surface area contributed by atoms with Gasteiger partial charge in [-0.3, -0.25) is 9.36 Å². The van der Waals surface area contributed by atoms with Gasteiger partial charge in [-0.05, 0) is 68.0 Å². The topological polar surface area (TPSA) is 76.9 Å². The third-order valence-corrected chi connectivity index (χ3v) is 8.45. The third-order valence-electron chi connectivity index (χ3n) is 8.45.